The van der Waals surface area contributed by atoms with Gasteiger partial charge in [0.05, 0.1) is 20.8 Å². The predicted molar refractivity (Wildman–Crippen MR) is 169 cm³/mol. The standard InChI is InChI=1S/C34H41N3O4S/c1-4-5-9-19-35-34(38)30-25-42-33(36-30)23-37(20-18-26-14-17-31(39-2)32(21-26)40-3)22-27-12-15-29(16-13-27)41-24-28-10-7-6-8-11-28/h6-8,10-17,21,25H,4-5,9,18-20,22-24H2,1-3H3,(H,35,38). The van der Waals surface area contributed by atoms with Crippen LogP contribution in [0.3, 0.4) is 0 Å². The van der Waals surface area contributed by atoms with Crippen molar-refractivity contribution in [1.29, 1.82) is 0 Å². The first-order valence-electron chi connectivity index (χ1n) is 14.5. The van der Waals surface area contributed by atoms with Gasteiger partial charge in [0.2, 0.25) is 0 Å². The van der Waals surface area contributed by atoms with Gasteiger partial charge in [-0.1, -0.05) is 68.3 Å². The Bertz CT molecular complexity index is 1380. The average molecular weight is 588 g/mol. The Hall–Kier alpha value is -3.88. The first-order valence-corrected chi connectivity index (χ1v) is 15.4. The van der Waals surface area contributed by atoms with Crippen LogP contribution in [0.15, 0.2) is 78.2 Å². The Kier molecular flexibility index (Phi) is 12.2. The molecule has 4 aromatic rings. The molecular weight excluding hydrogens is 546 g/mol. The number of aromatic nitrogens is 1. The number of thiazole rings is 1. The van der Waals surface area contributed by atoms with E-state index in [0.717, 1.165) is 72.2 Å². The highest BCUT2D eigenvalue weighted by Crippen LogP contribution is 2.28. The molecule has 0 spiro atoms. The normalized spacial score (nSPS) is 11.0. The van der Waals surface area contributed by atoms with Crippen molar-refractivity contribution in [2.24, 2.45) is 0 Å². The molecule has 1 heterocycles. The highest BCUT2D eigenvalue weighted by Gasteiger charge is 2.15. The molecule has 8 heteroatoms. The van der Waals surface area contributed by atoms with Crippen LogP contribution < -0.4 is 19.5 Å². The van der Waals surface area contributed by atoms with Gasteiger partial charge in [-0.05, 0) is 53.8 Å². The summed E-state index contributed by atoms with van der Waals surface area (Å²) >= 11 is 1.53. The second-order valence-corrected chi connectivity index (χ2v) is 11.1. The second-order valence-electron chi connectivity index (χ2n) is 10.2. The molecule has 0 atom stereocenters. The van der Waals surface area contributed by atoms with E-state index in [-0.39, 0.29) is 5.91 Å². The summed E-state index contributed by atoms with van der Waals surface area (Å²) < 4.78 is 16.9. The van der Waals surface area contributed by atoms with Crippen LogP contribution in [0.1, 0.15) is 58.4 Å². The van der Waals surface area contributed by atoms with E-state index in [1.807, 2.05) is 47.8 Å². The van der Waals surface area contributed by atoms with Crippen molar-refractivity contribution in [3.05, 3.63) is 106 Å². The molecule has 0 radical (unpaired) electrons. The number of benzene rings is 3. The lowest BCUT2D eigenvalue weighted by molar-refractivity contribution is 0.0948. The summed E-state index contributed by atoms with van der Waals surface area (Å²) in [6.07, 6.45) is 4.05. The third kappa shape index (κ3) is 9.60. The SMILES string of the molecule is CCCCCNC(=O)c1csc(CN(CCc2ccc(OC)c(OC)c2)Cc2ccc(OCc3ccccc3)cc2)n1. The van der Waals surface area contributed by atoms with Crippen LogP contribution in [-0.4, -0.2) is 43.1 Å². The molecule has 0 aliphatic carbocycles. The average Bonchev–Trinajstić information content (AvgIpc) is 3.50. The molecule has 4 rings (SSSR count). The number of carbonyl (C=O) groups excluding carboxylic acids is 1. The number of ether oxygens (including phenoxy) is 3. The summed E-state index contributed by atoms with van der Waals surface area (Å²) in [5, 5.41) is 5.77. The first kappa shape index (κ1) is 31.1. The lowest BCUT2D eigenvalue weighted by Gasteiger charge is -2.22. The number of unbranched alkanes of at least 4 members (excludes halogenated alkanes) is 2. The maximum absolute atomic E-state index is 12.6. The molecule has 0 unspecified atom stereocenters. The molecule has 0 saturated heterocycles. The van der Waals surface area contributed by atoms with Gasteiger partial charge in [0.25, 0.3) is 5.91 Å². The quantitative estimate of drug-likeness (QED) is 0.135. The predicted octanol–water partition coefficient (Wildman–Crippen LogP) is 6.90. The number of hydrogen-bond donors (Lipinski definition) is 1. The van der Waals surface area contributed by atoms with Crippen LogP contribution >= 0.6 is 11.3 Å². The maximum Gasteiger partial charge on any atom is 0.270 e. The largest absolute Gasteiger partial charge is 0.493 e. The third-order valence-electron chi connectivity index (χ3n) is 6.95. The molecule has 3 aromatic carbocycles. The highest BCUT2D eigenvalue weighted by molar-refractivity contribution is 7.09. The van der Waals surface area contributed by atoms with Crippen molar-refractivity contribution >= 4 is 17.2 Å². The maximum atomic E-state index is 12.6. The van der Waals surface area contributed by atoms with Gasteiger partial charge in [0.15, 0.2) is 11.5 Å². The van der Waals surface area contributed by atoms with E-state index in [2.05, 4.69) is 52.5 Å². The van der Waals surface area contributed by atoms with Gasteiger partial charge in [-0.2, -0.15) is 0 Å². The van der Waals surface area contributed by atoms with Crippen LogP contribution in [-0.2, 0) is 26.1 Å². The highest BCUT2D eigenvalue weighted by atomic mass is 32.1. The molecule has 0 aliphatic heterocycles. The second kappa shape index (κ2) is 16.5. The minimum Gasteiger partial charge on any atom is -0.493 e. The van der Waals surface area contributed by atoms with Crippen LogP contribution in [0.4, 0.5) is 0 Å². The molecular formula is C34H41N3O4S. The lowest BCUT2D eigenvalue weighted by atomic mass is 10.1. The summed E-state index contributed by atoms with van der Waals surface area (Å²) in [5.41, 5.74) is 3.97. The van der Waals surface area contributed by atoms with E-state index in [1.54, 1.807) is 14.2 Å². The van der Waals surface area contributed by atoms with Crippen LogP contribution in [0, 0.1) is 0 Å². The molecule has 0 bridgehead atoms. The van der Waals surface area contributed by atoms with Crippen molar-refractivity contribution < 1.29 is 19.0 Å². The Morgan fingerprint density at radius 3 is 2.38 bits per heavy atom. The van der Waals surface area contributed by atoms with Gasteiger partial charge in [-0.3, -0.25) is 9.69 Å². The summed E-state index contributed by atoms with van der Waals surface area (Å²) in [6, 6.07) is 24.5. The molecule has 0 fully saturated rings. The molecule has 7 nitrogen and oxygen atoms in total. The monoisotopic (exact) mass is 587 g/mol. The Morgan fingerprint density at radius 1 is 0.881 bits per heavy atom. The van der Waals surface area contributed by atoms with E-state index in [9.17, 15) is 4.79 Å². The minimum absolute atomic E-state index is 0.100. The lowest BCUT2D eigenvalue weighted by Crippen LogP contribution is -2.26. The molecule has 0 saturated carbocycles. The van der Waals surface area contributed by atoms with Crippen molar-refractivity contribution in [3.8, 4) is 17.2 Å². The zero-order valence-electron chi connectivity index (χ0n) is 24.8. The number of methoxy groups -OCH3 is 2. The van der Waals surface area contributed by atoms with Crippen molar-refractivity contribution in [3.63, 3.8) is 0 Å². The van der Waals surface area contributed by atoms with Gasteiger partial charge in [-0.15, -0.1) is 11.3 Å². The summed E-state index contributed by atoms with van der Waals surface area (Å²) in [4.78, 5) is 19.6. The minimum atomic E-state index is -0.100. The summed E-state index contributed by atoms with van der Waals surface area (Å²) in [7, 11) is 3.30. The van der Waals surface area contributed by atoms with Crippen LogP contribution in [0.5, 0.6) is 17.2 Å². The molecule has 1 amide bonds. The smallest absolute Gasteiger partial charge is 0.270 e. The fourth-order valence-electron chi connectivity index (χ4n) is 4.57. The Morgan fingerprint density at radius 2 is 1.64 bits per heavy atom. The number of hydrogen-bond acceptors (Lipinski definition) is 7. The molecule has 222 valence electrons. The number of nitrogens with zero attached hydrogens (tertiary/aromatic N) is 2. The third-order valence-corrected chi connectivity index (χ3v) is 7.79. The fourth-order valence-corrected chi connectivity index (χ4v) is 5.39. The molecule has 0 aliphatic rings. The van der Waals surface area contributed by atoms with Crippen LogP contribution in [0.2, 0.25) is 0 Å². The summed E-state index contributed by atoms with van der Waals surface area (Å²) in [5.74, 6) is 2.18. The van der Waals surface area contributed by atoms with Gasteiger partial charge in [-0.25, -0.2) is 4.98 Å². The van der Waals surface area contributed by atoms with Gasteiger partial charge < -0.3 is 19.5 Å². The van der Waals surface area contributed by atoms with Crippen molar-refractivity contribution in [2.75, 3.05) is 27.3 Å². The first-order chi connectivity index (χ1) is 20.6. The van der Waals surface area contributed by atoms with Crippen LogP contribution in [0.25, 0.3) is 0 Å². The Balaban J connectivity index is 1.41. The van der Waals surface area contributed by atoms with E-state index in [4.69, 9.17) is 14.2 Å². The number of nitrogens with one attached hydrogen (secondary N) is 1. The molecule has 1 N–H and O–H groups in total. The topological polar surface area (TPSA) is 72.9 Å². The van der Waals surface area contributed by atoms with Gasteiger partial charge >= 0.3 is 0 Å². The number of carbonyl (C=O) groups is 1. The van der Waals surface area contributed by atoms with Gasteiger partial charge in [0.1, 0.15) is 23.1 Å². The molecule has 1 aromatic heterocycles. The van der Waals surface area contributed by atoms with E-state index in [1.165, 1.54) is 16.9 Å². The van der Waals surface area contributed by atoms with Crippen molar-refractivity contribution in [1.82, 2.24) is 15.2 Å². The van der Waals surface area contributed by atoms with E-state index < -0.39 is 0 Å². The van der Waals surface area contributed by atoms with Crippen molar-refractivity contribution in [2.45, 2.75) is 52.3 Å². The van der Waals surface area contributed by atoms with Gasteiger partial charge in [0, 0.05) is 25.0 Å². The van der Waals surface area contributed by atoms with E-state index >= 15 is 0 Å². The zero-order chi connectivity index (χ0) is 29.6. The Labute approximate surface area is 253 Å². The number of rotatable bonds is 17. The number of amides is 1. The molecule has 42 heavy (non-hydrogen) atoms. The van der Waals surface area contributed by atoms with E-state index in [0.29, 0.717) is 25.4 Å². The zero-order valence-corrected chi connectivity index (χ0v) is 25.6. The summed E-state index contributed by atoms with van der Waals surface area (Å²) in [6.45, 7) is 5.56. The fraction of sp³-hybridized carbons (Fsp3) is 0.353.